The molecule has 0 saturated carbocycles. The maximum absolute atomic E-state index is 12.3. The van der Waals surface area contributed by atoms with E-state index in [0.717, 1.165) is 11.8 Å². The Labute approximate surface area is 185 Å². The maximum atomic E-state index is 12.3. The van der Waals surface area contributed by atoms with Gasteiger partial charge in [0, 0.05) is 29.7 Å². The van der Waals surface area contributed by atoms with Crippen LogP contribution in [0.25, 0.3) is 11.5 Å². The van der Waals surface area contributed by atoms with Gasteiger partial charge in [0.2, 0.25) is 11.8 Å². The number of anilines is 2. The molecule has 10 nitrogen and oxygen atoms in total. The highest BCUT2D eigenvalue weighted by Crippen LogP contribution is 2.23. The molecule has 1 aromatic carbocycles. The van der Waals surface area contributed by atoms with E-state index >= 15 is 0 Å². The van der Waals surface area contributed by atoms with Crippen molar-refractivity contribution < 1.29 is 17.6 Å². The molecule has 158 valence electrons. The molecule has 13 heteroatoms. The van der Waals surface area contributed by atoms with E-state index in [2.05, 4.69) is 30.2 Å². The summed E-state index contributed by atoms with van der Waals surface area (Å²) in [6, 6.07) is 9.36. The molecule has 3 aromatic heterocycles. The SMILES string of the molecule is O=C(CSc1nnc(-c2cccnc2)o1)Nc1ccc(S(=O)(=O)Nc2nccs2)cc1. The lowest BCUT2D eigenvalue weighted by Gasteiger charge is -2.07. The summed E-state index contributed by atoms with van der Waals surface area (Å²) in [5, 5.41) is 12.7. The highest BCUT2D eigenvalue weighted by Gasteiger charge is 2.16. The van der Waals surface area contributed by atoms with Gasteiger partial charge in [0.1, 0.15) is 0 Å². The van der Waals surface area contributed by atoms with Crippen LogP contribution in [0.1, 0.15) is 0 Å². The van der Waals surface area contributed by atoms with Crippen LogP contribution in [0.3, 0.4) is 0 Å². The quantitative estimate of drug-likeness (QED) is 0.369. The highest BCUT2D eigenvalue weighted by atomic mass is 32.2. The summed E-state index contributed by atoms with van der Waals surface area (Å²) in [6.45, 7) is 0. The number of nitrogens with one attached hydrogen (secondary N) is 2. The first-order chi connectivity index (χ1) is 15.0. The Morgan fingerprint density at radius 1 is 1.13 bits per heavy atom. The number of amides is 1. The number of rotatable bonds is 8. The van der Waals surface area contributed by atoms with Crippen LogP contribution in [-0.2, 0) is 14.8 Å². The third kappa shape index (κ3) is 5.45. The summed E-state index contributed by atoms with van der Waals surface area (Å²) in [5.74, 6) is 0.0576. The molecule has 4 aromatic rings. The van der Waals surface area contributed by atoms with Crippen molar-refractivity contribution in [2.75, 3.05) is 15.8 Å². The first kappa shape index (κ1) is 21.0. The fraction of sp³-hybridized carbons (Fsp3) is 0.0556. The minimum absolute atomic E-state index is 0.0420. The summed E-state index contributed by atoms with van der Waals surface area (Å²) >= 11 is 2.27. The number of thiazole rings is 1. The van der Waals surface area contributed by atoms with Crippen molar-refractivity contribution in [1.29, 1.82) is 0 Å². The average Bonchev–Trinajstić information content (AvgIpc) is 3.45. The summed E-state index contributed by atoms with van der Waals surface area (Å²) in [5.41, 5.74) is 1.14. The second-order valence-corrected chi connectivity index (χ2v) is 9.42. The lowest BCUT2D eigenvalue weighted by atomic mass is 10.3. The van der Waals surface area contributed by atoms with E-state index in [0.29, 0.717) is 17.1 Å². The fourth-order valence-corrected chi connectivity index (χ4v) is 4.72. The molecule has 0 aliphatic heterocycles. The van der Waals surface area contributed by atoms with Crippen LogP contribution < -0.4 is 10.0 Å². The molecule has 0 fully saturated rings. The second-order valence-electron chi connectivity index (χ2n) is 5.92. The van der Waals surface area contributed by atoms with Crippen molar-refractivity contribution in [3.05, 3.63) is 60.4 Å². The zero-order valence-corrected chi connectivity index (χ0v) is 18.1. The van der Waals surface area contributed by atoms with Gasteiger partial charge in [-0.2, -0.15) is 0 Å². The Balaban J connectivity index is 1.31. The number of carbonyl (C=O) groups excluding carboxylic acids is 1. The zero-order valence-electron chi connectivity index (χ0n) is 15.6. The number of sulfonamides is 1. The number of pyridine rings is 1. The number of aromatic nitrogens is 4. The highest BCUT2D eigenvalue weighted by molar-refractivity contribution is 7.99. The number of hydrogen-bond donors (Lipinski definition) is 2. The summed E-state index contributed by atoms with van der Waals surface area (Å²) in [6.07, 6.45) is 4.75. The van der Waals surface area contributed by atoms with Crippen LogP contribution >= 0.6 is 23.1 Å². The van der Waals surface area contributed by atoms with Gasteiger partial charge in [-0.1, -0.05) is 11.8 Å². The third-order valence-corrected chi connectivity index (χ3v) is 6.74. The largest absolute Gasteiger partial charge is 0.411 e. The monoisotopic (exact) mass is 474 g/mol. The number of nitrogens with zero attached hydrogens (tertiary/aromatic N) is 4. The van der Waals surface area contributed by atoms with E-state index in [1.165, 1.54) is 41.8 Å². The van der Waals surface area contributed by atoms with Crippen LogP contribution in [0, 0.1) is 0 Å². The summed E-state index contributed by atoms with van der Waals surface area (Å²) in [7, 11) is -3.75. The van der Waals surface area contributed by atoms with Gasteiger partial charge < -0.3 is 9.73 Å². The Bertz CT molecular complexity index is 1260. The normalized spacial score (nSPS) is 11.2. The summed E-state index contributed by atoms with van der Waals surface area (Å²) in [4.78, 5) is 20.1. The molecule has 0 unspecified atom stereocenters. The molecule has 4 rings (SSSR count). The number of hydrogen-bond acceptors (Lipinski definition) is 10. The molecule has 0 radical (unpaired) electrons. The Morgan fingerprint density at radius 3 is 2.68 bits per heavy atom. The number of benzene rings is 1. The molecule has 0 saturated heterocycles. The van der Waals surface area contributed by atoms with E-state index in [1.807, 2.05) is 0 Å². The van der Waals surface area contributed by atoms with E-state index in [-0.39, 0.29) is 26.9 Å². The molecule has 0 atom stereocenters. The van der Waals surface area contributed by atoms with Crippen molar-refractivity contribution in [2.45, 2.75) is 10.1 Å². The smallest absolute Gasteiger partial charge is 0.277 e. The molecule has 0 bridgehead atoms. The molecule has 0 aliphatic carbocycles. The van der Waals surface area contributed by atoms with Gasteiger partial charge in [-0.05, 0) is 36.4 Å². The predicted molar refractivity (Wildman–Crippen MR) is 116 cm³/mol. The number of thioether (sulfide) groups is 1. The molecule has 2 N–H and O–H groups in total. The third-order valence-electron chi connectivity index (χ3n) is 3.74. The second kappa shape index (κ2) is 9.24. The molecule has 3 heterocycles. The van der Waals surface area contributed by atoms with Crippen molar-refractivity contribution >= 4 is 49.8 Å². The Kier molecular flexibility index (Phi) is 6.25. The van der Waals surface area contributed by atoms with E-state index in [1.54, 1.807) is 29.9 Å². The van der Waals surface area contributed by atoms with Gasteiger partial charge in [-0.3, -0.25) is 14.5 Å². The first-order valence-electron chi connectivity index (χ1n) is 8.68. The minimum Gasteiger partial charge on any atom is -0.411 e. The lowest BCUT2D eigenvalue weighted by molar-refractivity contribution is -0.113. The predicted octanol–water partition coefficient (Wildman–Crippen LogP) is 3.12. The van der Waals surface area contributed by atoms with Crippen LogP contribution in [0.4, 0.5) is 10.8 Å². The van der Waals surface area contributed by atoms with Crippen molar-refractivity contribution in [1.82, 2.24) is 20.2 Å². The van der Waals surface area contributed by atoms with Gasteiger partial charge in [0.15, 0.2) is 5.13 Å². The van der Waals surface area contributed by atoms with Gasteiger partial charge in [-0.15, -0.1) is 21.5 Å². The van der Waals surface area contributed by atoms with E-state index in [4.69, 9.17) is 4.42 Å². The van der Waals surface area contributed by atoms with Crippen molar-refractivity contribution in [3.63, 3.8) is 0 Å². The van der Waals surface area contributed by atoms with E-state index < -0.39 is 10.0 Å². The Hall–Kier alpha value is -3.29. The van der Waals surface area contributed by atoms with E-state index in [9.17, 15) is 13.2 Å². The van der Waals surface area contributed by atoms with Gasteiger partial charge in [-0.25, -0.2) is 13.4 Å². The van der Waals surface area contributed by atoms with Gasteiger partial charge in [0.05, 0.1) is 16.2 Å². The topological polar surface area (TPSA) is 140 Å². The van der Waals surface area contributed by atoms with Gasteiger partial charge >= 0.3 is 0 Å². The van der Waals surface area contributed by atoms with Crippen LogP contribution in [0.2, 0.25) is 0 Å². The summed E-state index contributed by atoms with van der Waals surface area (Å²) < 4.78 is 32.6. The zero-order chi connectivity index (χ0) is 21.7. The van der Waals surface area contributed by atoms with Crippen LogP contribution in [-0.4, -0.2) is 40.2 Å². The van der Waals surface area contributed by atoms with Crippen LogP contribution in [0.15, 0.2) is 74.9 Å². The number of carbonyl (C=O) groups is 1. The first-order valence-corrected chi connectivity index (χ1v) is 12.0. The molecule has 31 heavy (non-hydrogen) atoms. The van der Waals surface area contributed by atoms with Crippen molar-refractivity contribution in [3.8, 4) is 11.5 Å². The molecule has 1 amide bonds. The lowest BCUT2D eigenvalue weighted by Crippen LogP contribution is -2.15. The molecular weight excluding hydrogens is 460 g/mol. The standard InChI is InChI=1S/C18H14N6O4S3/c25-15(11-30-18-23-22-16(28-18)12-2-1-7-19-10-12)21-13-3-5-14(6-4-13)31(26,27)24-17-20-8-9-29-17/h1-10H,11H2,(H,20,24)(H,21,25). The van der Waals surface area contributed by atoms with Gasteiger partial charge in [0.25, 0.3) is 15.2 Å². The minimum atomic E-state index is -3.75. The molecular formula is C18H14N6O4S3. The molecule has 0 spiro atoms. The maximum Gasteiger partial charge on any atom is 0.277 e. The van der Waals surface area contributed by atoms with Crippen LogP contribution in [0.5, 0.6) is 0 Å². The fourth-order valence-electron chi connectivity index (χ4n) is 2.36. The average molecular weight is 475 g/mol. The van der Waals surface area contributed by atoms with Crippen molar-refractivity contribution in [2.24, 2.45) is 0 Å². The molecule has 0 aliphatic rings. The Morgan fingerprint density at radius 2 is 1.97 bits per heavy atom.